The minimum absolute atomic E-state index is 0.171. The molecule has 0 unspecified atom stereocenters. The number of halogens is 1. The smallest absolute Gasteiger partial charge is 0.0814 e. The normalized spacial score (nSPS) is 12.1. The molecule has 1 aromatic rings. The van der Waals surface area contributed by atoms with E-state index in [1.165, 1.54) is 0 Å². The van der Waals surface area contributed by atoms with Gasteiger partial charge in [-0.1, -0.05) is 25.4 Å². The van der Waals surface area contributed by atoms with Crippen molar-refractivity contribution in [1.29, 1.82) is 0 Å². The van der Waals surface area contributed by atoms with E-state index in [0.717, 1.165) is 23.7 Å². The minimum Gasteiger partial charge on any atom is -0.330 e. The molecule has 2 N–H and O–H groups in total. The lowest BCUT2D eigenvalue weighted by Crippen LogP contribution is -2.25. The molecule has 0 saturated carbocycles. The molecule has 3 nitrogen and oxygen atoms in total. The van der Waals surface area contributed by atoms with Gasteiger partial charge in [0, 0.05) is 6.54 Å². The maximum Gasteiger partial charge on any atom is 0.0814 e. The van der Waals surface area contributed by atoms with Crippen molar-refractivity contribution < 1.29 is 0 Å². The predicted octanol–water partition coefficient (Wildman–Crippen LogP) is 2.22. The lowest BCUT2D eigenvalue weighted by Gasteiger charge is -2.22. The van der Waals surface area contributed by atoms with Gasteiger partial charge >= 0.3 is 0 Å². The Bertz CT molecular complexity index is 304. The van der Waals surface area contributed by atoms with Crippen LogP contribution in [0.1, 0.15) is 26.0 Å². The number of aryl methyl sites for hydroxylation is 1. The molecule has 80 valence electrons. The Kier molecular flexibility index (Phi) is 3.56. The van der Waals surface area contributed by atoms with E-state index in [4.69, 9.17) is 17.3 Å². The second-order valence-electron chi connectivity index (χ2n) is 4.42. The minimum atomic E-state index is 0.171. The molecular weight excluding hydrogens is 198 g/mol. The van der Waals surface area contributed by atoms with Crippen molar-refractivity contribution in [1.82, 2.24) is 9.78 Å². The summed E-state index contributed by atoms with van der Waals surface area (Å²) in [6.45, 7) is 7.87. The summed E-state index contributed by atoms with van der Waals surface area (Å²) in [6.07, 6.45) is 2.70. The molecule has 1 heterocycles. The molecule has 0 bridgehead atoms. The van der Waals surface area contributed by atoms with Gasteiger partial charge < -0.3 is 5.73 Å². The van der Waals surface area contributed by atoms with Gasteiger partial charge in [0.25, 0.3) is 0 Å². The van der Waals surface area contributed by atoms with Gasteiger partial charge in [-0.15, -0.1) is 0 Å². The quantitative estimate of drug-likeness (QED) is 0.837. The first-order valence-electron chi connectivity index (χ1n) is 4.84. The van der Waals surface area contributed by atoms with Crippen LogP contribution >= 0.6 is 11.6 Å². The van der Waals surface area contributed by atoms with Crippen LogP contribution in [0.5, 0.6) is 0 Å². The topological polar surface area (TPSA) is 43.8 Å². The average Bonchev–Trinajstić information content (AvgIpc) is 2.45. The molecule has 14 heavy (non-hydrogen) atoms. The van der Waals surface area contributed by atoms with E-state index in [1.54, 1.807) is 6.20 Å². The van der Waals surface area contributed by atoms with Crippen LogP contribution in [0.3, 0.4) is 0 Å². The van der Waals surface area contributed by atoms with Gasteiger partial charge in [0.05, 0.1) is 16.9 Å². The largest absolute Gasteiger partial charge is 0.330 e. The predicted molar refractivity (Wildman–Crippen MR) is 59.4 cm³/mol. The van der Waals surface area contributed by atoms with E-state index < -0.39 is 0 Å². The number of aromatic nitrogens is 2. The highest BCUT2D eigenvalue weighted by Gasteiger charge is 2.16. The highest BCUT2D eigenvalue weighted by atomic mass is 35.5. The first kappa shape index (κ1) is 11.5. The van der Waals surface area contributed by atoms with E-state index >= 15 is 0 Å². The molecule has 0 fully saturated rings. The van der Waals surface area contributed by atoms with Gasteiger partial charge in [0.2, 0.25) is 0 Å². The molecule has 4 heteroatoms. The average molecular weight is 216 g/mol. The van der Waals surface area contributed by atoms with Crippen LogP contribution in [-0.4, -0.2) is 16.3 Å². The van der Waals surface area contributed by atoms with Gasteiger partial charge in [-0.05, 0) is 25.3 Å². The summed E-state index contributed by atoms with van der Waals surface area (Å²) in [4.78, 5) is 0. The van der Waals surface area contributed by atoms with Gasteiger partial charge in [-0.25, -0.2) is 0 Å². The van der Waals surface area contributed by atoms with Crippen LogP contribution in [0.4, 0.5) is 0 Å². The maximum atomic E-state index is 5.91. The molecule has 0 aromatic carbocycles. The van der Waals surface area contributed by atoms with Crippen molar-refractivity contribution in [3.63, 3.8) is 0 Å². The summed E-state index contributed by atoms with van der Waals surface area (Å²) in [6, 6.07) is 0. The molecule has 0 atom stereocenters. The Morgan fingerprint density at radius 3 is 2.64 bits per heavy atom. The van der Waals surface area contributed by atoms with Crippen molar-refractivity contribution in [3.8, 4) is 0 Å². The molecule has 0 aliphatic carbocycles. The summed E-state index contributed by atoms with van der Waals surface area (Å²) in [5.74, 6) is 0. The third kappa shape index (κ3) is 2.72. The molecule has 0 aliphatic heterocycles. The van der Waals surface area contributed by atoms with Crippen LogP contribution in [0.2, 0.25) is 5.02 Å². The first-order valence-corrected chi connectivity index (χ1v) is 5.22. The van der Waals surface area contributed by atoms with E-state index in [2.05, 4.69) is 18.9 Å². The first-order chi connectivity index (χ1) is 6.46. The fourth-order valence-electron chi connectivity index (χ4n) is 1.16. The van der Waals surface area contributed by atoms with Crippen molar-refractivity contribution >= 4 is 11.6 Å². The highest BCUT2D eigenvalue weighted by molar-refractivity contribution is 6.31. The zero-order valence-corrected chi connectivity index (χ0v) is 9.80. The number of nitrogens with zero attached hydrogens (tertiary/aromatic N) is 2. The summed E-state index contributed by atoms with van der Waals surface area (Å²) in [5, 5.41) is 4.93. The lowest BCUT2D eigenvalue weighted by atomic mass is 9.90. The Labute approximate surface area is 90.2 Å². The standard InChI is InChI=1S/C10H18ClN3/c1-8-9(11)6-13-14(8)5-4-10(2,3)7-12/h6H,4-5,7,12H2,1-3H3. The zero-order valence-electron chi connectivity index (χ0n) is 9.05. The monoisotopic (exact) mass is 215 g/mol. The fraction of sp³-hybridized carbons (Fsp3) is 0.700. The highest BCUT2D eigenvalue weighted by Crippen LogP contribution is 2.20. The maximum absolute atomic E-state index is 5.91. The van der Waals surface area contributed by atoms with Crippen LogP contribution in [0.15, 0.2) is 6.20 Å². The molecule has 0 amide bonds. The SMILES string of the molecule is Cc1c(Cl)cnn1CCC(C)(C)CN. The number of hydrogen-bond acceptors (Lipinski definition) is 2. The van der Waals surface area contributed by atoms with Gasteiger partial charge in [-0.2, -0.15) is 5.10 Å². The molecular formula is C10H18ClN3. The molecule has 0 aliphatic rings. The summed E-state index contributed by atoms with van der Waals surface area (Å²) >= 11 is 5.91. The summed E-state index contributed by atoms with van der Waals surface area (Å²) < 4.78 is 1.93. The van der Waals surface area contributed by atoms with Gasteiger partial charge in [-0.3, -0.25) is 4.68 Å². The molecule has 1 aromatic heterocycles. The van der Waals surface area contributed by atoms with Crippen LogP contribution in [0, 0.1) is 12.3 Å². The summed E-state index contributed by atoms with van der Waals surface area (Å²) in [7, 11) is 0. The Balaban J connectivity index is 2.58. The third-order valence-corrected chi connectivity index (χ3v) is 2.97. The van der Waals surface area contributed by atoms with E-state index in [0.29, 0.717) is 6.54 Å². The second kappa shape index (κ2) is 4.32. The van der Waals surface area contributed by atoms with Gasteiger partial charge in [0.1, 0.15) is 0 Å². The fourth-order valence-corrected chi connectivity index (χ4v) is 1.30. The van der Waals surface area contributed by atoms with Crippen molar-refractivity contribution in [3.05, 3.63) is 16.9 Å². The number of rotatable bonds is 4. The van der Waals surface area contributed by atoms with E-state index in [-0.39, 0.29) is 5.41 Å². The van der Waals surface area contributed by atoms with Crippen molar-refractivity contribution in [2.45, 2.75) is 33.7 Å². The van der Waals surface area contributed by atoms with Crippen LogP contribution in [-0.2, 0) is 6.54 Å². The lowest BCUT2D eigenvalue weighted by molar-refractivity contribution is 0.315. The molecule has 1 rings (SSSR count). The molecule has 0 radical (unpaired) electrons. The number of hydrogen-bond donors (Lipinski definition) is 1. The van der Waals surface area contributed by atoms with Gasteiger partial charge in [0.15, 0.2) is 0 Å². The third-order valence-electron chi connectivity index (χ3n) is 2.60. The second-order valence-corrected chi connectivity index (χ2v) is 4.83. The zero-order chi connectivity index (χ0) is 10.8. The van der Waals surface area contributed by atoms with Crippen molar-refractivity contribution in [2.75, 3.05) is 6.54 Å². The molecule has 0 saturated heterocycles. The van der Waals surface area contributed by atoms with E-state index in [9.17, 15) is 0 Å². The van der Waals surface area contributed by atoms with Crippen molar-refractivity contribution in [2.24, 2.45) is 11.1 Å². The Morgan fingerprint density at radius 1 is 1.57 bits per heavy atom. The summed E-state index contributed by atoms with van der Waals surface area (Å²) in [5.41, 5.74) is 6.86. The van der Waals surface area contributed by atoms with E-state index in [1.807, 2.05) is 11.6 Å². The molecule has 0 spiro atoms. The van der Waals surface area contributed by atoms with Crippen LogP contribution in [0.25, 0.3) is 0 Å². The Hall–Kier alpha value is -0.540. The number of nitrogens with two attached hydrogens (primary N) is 1. The Morgan fingerprint density at radius 2 is 2.21 bits per heavy atom. The van der Waals surface area contributed by atoms with Crippen LogP contribution < -0.4 is 5.73 Å².